The number of amides is 1. The third kappa shape index (κ3) is 6.84. The second kappa shape index (κ2) is 10.3. The molecule has 0 aromatic heterocycles. The van der Waals surface area contributed by atoms with Crippen LogP contribution >= 0.6 is 0 Å². The minimum absolute atomic E-state index is 0.110. The highest BCUT2D eigenvalue weighted by Gasteiger charge is 2.21. The first-order valence-electron chi connectivity index (χ1n) is 9.37. The van der Waals surface area contributed by atoms with E-state index in [-0.39, 0.29) is 5.70 Å². The fourth-order valence-electron chi connectivity index (χ4n) is 2.52. The van der Waals surface area contributed by atoms with Gasteiger partial charge in [-0.25, -0.2) is 9.59 Å². The Morgan fingerprint density at radius 1 is 0.967 bits per heavy atom. The monoisotopic (exact) mass is 413 g/mol. The number of hydrogen-bond acceptors (Lipinski definition) is 6. The minimum Gasteiger partial charge on any atom is -0.496 e. The average Bonchev–Trinajstić information content (AvgIpc) is 2.71. The molecule has 160 valence electrons. The number of hydrogen-bond donors (Lipinski definition) is 1. The van der Waals surface area contributed by atoms with Crippen LogP contribution in [0.5, 0.6) is 11.5 Å². The average molecular weight is 413 g/mol. The van der Waals surface area contributed by atoms with Crippen LogP contribution in [0, 0.1) is 0 Å². The molecule has 0 aliphatic carbocycles. The molecule has 0 radical (unpaired) electrons. The van der Waals surface area contributed by atoms with E-state index in [0.717, 1.165) is 5.56 Å². The van der Waals surface area contributed by atoms with Crippen LogP contribution < -0.4 is 14.8 Å². The Hall–Kier alpha value is -3.48. The third-order valence-electron chi connectivity index (χ3n) is 3.81. The van der Waals surface area contributed by atoms with Crippen molar-refractivity contribution in [3.05, 3.63) is 65.4 Å². The predicted molar refractivity (Wildman–Crippen MR) is 113 cm³/mol. The lowest BCUT2D eigenvalue weighted by molar-refractivity contribution is -0.136. The highest BCUT2D eigenvalue weighted by Crippen LogP contribution is 2.31. The molecular weight excluding hydrogens is 386 g/mol. The Bertz CT molecular complexity index is 900. The Balaban J connectivity index is 2.37. The molecule has 0 aliphatic rings. The summed E-state index contributed by atoms with van der Waals surface area (Å²) in [7, 11) is 2.73. The summed E-state index contributed by atoms with van der Waals surface area (Å²) in [5.74, 6) is 0.208. The van der Waals surface area contributed by atoms with Crippen molar-refractivity contribution >= 4 is 18.1 Å². The molecule has 2 rings (SSSR count). The third-order valence-corrected chi connectivity index (χ3v) is 3.81. The zero-order valence-corrected chi connectivity index (χ0v) is 17.9. The van der Waals surface area contributed by atoms with Gasteiger partial charge in [0.15, 0.2) is 0 Å². The molecule has 0 fully saturated rings. The molecule has 7 nitrogen and oxygen atoms in total. The van der Waals surface area contributed by atoms with Gasteiger partial charge in [-0.2, -0.15) is 0 Å². The fraction of sp³-hybridized carbons (Fsp3) is 0.304. The van der Waals surface area contributed by atoms with Gasteiger partial charge in [0.05, 0.1) is 19.8 Å². The number of esters is 1. The van der Waals surface area contributed by atoms with Crippen LogP contribution in [0.2, 0.25) is 0 Å². The van der Waals surface area contributed by atoms with E-state index >= 15 is 0 Å². The highest BCUT2D eigenvalue weighted by molar-refractivity contribution is 5.97. The number of carbonyl (C=O) groups excluding carboxylic acids is 2. The molecule has 0 bridgehead atoms. The van der Waals surface area contributed by atoms with E-state index in [1.807, 2.05) is 30.3 Å². The number of alkyl carbamates (subject to hydrolysis) is 1. The SMILES string of the molecule is COC(=O)/C(=C\c1c(OC)cccc1OCc1ccccc1)NC(=O)OC(C)(C)C. The largest absolute Gasteiger partial charge is 0.496 e. The van der Waals surface area contributed by atoms with Crippen molar-refractivity contribution in [2.24, 2.45) is 0 Å². The normalized spacial score (nSPS) is 11.4. The summed E-state index contributed by atoms with van der Waals surface area (Å²) in [4.78, 5) is 24.5. The summed E-state index contributed by atoms with van der Waals surface area (Å²) in [5.41, 5.74) is 0.628. The van der Waals surface area contributed by atoms with Crippen LogP contribution in [0.1, 0.15) is 31.9 Å². The van der Waals surface area contributed by atoms with Crippen LogP contribution in [0.3, 0.4) is 0 Å². The van der Waals surface area contributed by atoms with E-state index in [9.17, 15) is 9.59 Å². The van der Waals surface area contributed by atoms with E-state index in [1.54, 1.807) is 39.0 Å². The Kier molecular flexibility index (Phi) is 7.86. The van der Waals surface area contributed by atoms with Crippen molar-refractivity contribution in [2.75, 3.05) is 14.2 Å². The molecule has 0 heterocycles. The van der Waals surface area contributed by atoms with Crippen molar-refractivity contribution < 1.29 is 28.5 Å². The summed E-state index contributed by atoms with van der Waals surface area (Å²) < 4.78 is 21.4. The minimum atomic E-state index is -0.777. The van der Waals surface area contributed by atoms with Crippen LogP contribution in [0.25, 0.3) is 6.08 Å². The Morgan fingerprint density at radius 2 is 1.63 bits per heavy atom. The number of carbonyl (C=O) groups is 2. The van der Waals surface area contributed by atoms with E-state index in [4.69, 9.17) is 18.9 Å². The maximum atomic E-state index is 12.3. The summed E-state index contributed by atoms with van der Waals surface area (Å²) in [6.07, 6.45) is 0.662. The Labute approximate surface area is 176 Å². The van der Waals surface area contributed by atoms with Gasteiger partial charge in [0.25, 0.3) is 0 Å². The quantitative estimate of drug-likeness (QED) is 0.538. The van der Waals surface area contributed by atoms with E-state index in [2.05, 4.69) is 5.32 Å². The van der Waals surface area contributed by atoms with Crippen molar-refractivity contribution in [1.82, 2.24) is 5.32 Å². The summed E-state index contributed by atoms with van der Waals surface area (Å²) in [6, 6.07) is 14.9. The Morgan fingerprint density at radius 3 is 2.23 bits per heavy atom. The molecule has 0 atom stereocenters. The zero-order valence-electron chi connectivity index (χ0n) is 17.9. The molecule has 0 unspecified atom stereocenters. The van der Waals surface area contributed by atoms with Crippen molar-refractivity contribution in [3.8, 4) is 11.5 Å². The standard InChI is InChI=1S/C23H27NO6/c1-23(2,3)30-22(26)24-18(21(25)28-5)14-17-19(27-4)12-9-13-20(17)29-15-16-10-7-6-8-11-16/h6-14H,15H2,1-5H3,(H,24,26)/b18-14+. The van der Waals surface area contributed by atoms with Crippen molar-refractivity contribution in [3.63, 3.8) is 0 Å². The van der Waals surface area contributed by atoms with Crippen molar-refractivity contribution in [1.29, 1.82) is 0 Å². The summed E-state index contributed by atoms with van der Waals surface area (Å²) >= 11 is 0. The van der Waals surface area contributed by atoms with Gasteiger partial charge in [-0.3, -0.25) is 5.32 Å². The first-order chi connectivity index (χ1) is 14.2. The van der Waals surface area contributed by atoms with Crippen LogP contribution in [-0.4, -0.2) is 31.9 Å². The molecule has 1 amide bonds. The number of benzene rings is 2. The van der Waals surface area contributed by atoms with Crippen molar-refractivity contribution in [2.45, 2.75) is 33.0 Å². The first-order valence-corrected chi connectivity index (χ1v) is 9.37. The fourth-order valence-corrected chi connectivity index (χ4v) is 2.52. The molecule has 0 saturated carbocycles. The molecule has 2 aromatic rings. The number of ether oxygens (including phenoxy) is 4. The highest BCUT2D eigenvalue weighted by atomic mass is 16.6. The number of nitrogens with one attached hydrogen (secondary N) is 1. The number of rotatable bonds is 7. The lowest BCUT2D eigenvalue weighted by Crippen LogP contribution is -2.34. The molecule has 0 aliphatic heterocycles. The van der Waals surface area contributed by atoms with Gasteiger partial charge in [0.1, 0.15) is 29.4 Å². The zero-order chi connectivity index (χ0) is 22.1. The number of methoxy groups -OCH3 is 2. The van der Waals surface area contributed by atoms with Gasteiger partial charge >= 0.3 is 12.1 Å². The van der Waals surface area contributed by atoms with Gasteiger partial charge in [0.2, 0.25) is 0 Å². The first kappa shape index (κ1) is 22.8. The van der Waals surface area contributed by atoms with Gasteiger partial charge in [0, 0.05) is 0 Å². The van der Waals surface area contributed by atoms with E-state index in [0.29, 0.717) is 23.7 Å². The summed E-state index contributed by atoms with van der Waals surface area (Å²) in [6.45, 7) is 5.50. The maximum absolute atomic E-state index is 12.3. The van der Waals surface area contributed by atoms with Gasteiger partial charge in [-0.05, 0) is 44.5 Å². The molecule has 1 N–H and O–H groups in total. The van der Waals surface area contributed by atoms with Crippen LogP contribution in [-0.2, 0) is 20.9 Å². The smallest absolute Gasteiger partial charge is 0.412 e. The topological polar surface area (TPSA) is 83.1 Å². The lowest BCUT2D eigenvalue weighted by atomic mass is 10.1. The van der Waals surface area contributed by atoms with Gasteiger partial charge < -0.3 is 18.9 Å². The lowest BCUT2D eigenvalue weighted by Gasteiger charge is -2.20. The van der Waals surface area contributed by atoms with E-state index < -0.39 is 17.7 Å². The van der Waals surface area contributed by atoms with Gasteiger partial charge in [-0.1, -0.05) is 36.4 Å². The second-order valence-electron chi connectivity index (χ2n) is 7.32. The summed E-state index contributed by atoms with van der Waals surface area (Å²) in [5, 5.41) is 2.44. The molecule has 7 heteroatoms. The molecule has 2 aromatic carbocycles. The predicted octanol–water partition coefficient (Wildman–Crippen LogP) is 4.31. The molecular formula is C23H27NO6. The van der Waals surface area contributed by atoms with Crippen LogP contribution in [0.4, 0.5) is 4.79 Å². The van der Waals surface area contributed by atoms with E-state index in [1.165, 1.54) is 20.3 Å². The van der Waals surface area contributed by atoms with Crippen LogP contribution in [0.15, 0.2) is 54.2 Å². The molecule has 30 heavy (non-hydrogen) atoms. The molecule has 0 spiro atoms. The van der Waals surface area contributed by atoms with Gasteiger partial charge in [-0.15, -0.1) is 0 Å². The maximum Gasteiger partial charge on any atom is 0.412 e. The second-order valence-corrected chi connectivity index (χ2v) is 7.32. The molecule has 0 saturated heterocycles.